The molecule has 0 heterocycles. The fourth-order valence-corrected chi connectivity index (χ4v) is 2.61. The van der Waals surface area contributed by atoms with Gasteiger partial charge in [-0.3, -0.25) is 10.1 Å². The lowest BCUT2D eigenvalue weighted by molar-refractivity contribution is -0.125. The Bertz CT molecular complexity index is 786. The first-order valence-electron chi connectivity index (χ1n) is 7.32. The molecule has 5 nitrogen and oxygen atoms in total. The minimum absolute atomic E-state index is 0.0820. The van der Waals surface area contributed by atoms with Crippen LogP contribution in [0.1, 0.15) is 12.5 Å². The number of aliphatic hydroxyl groups is 1. The number of hydrogen-bond donors (Lipinski definition) is 3. The maximum atomic E-state index is 12.2. The Morgan fingerprint density at radius 2 is 2.04 bits per heavy atom. The molecular weight excluding hydrogens is 383 g/mol. The standard InChI is InChI=1S/C17H16Cl2N2O3S/c1-10(24-15-6-5-12(18)8-14(15)19)16(23)21-17(25)20-13-4-2-3-11(7-13)9-22/h2-8,10,22H,9H2,1H3,(H2,20,21,23,25). The zero-order chi connectivity index (χ0) is 18.4. The third-order valence-corrected chi connectivity index (χ3v) is 3.91. The molecule has 0 aliphatic rings. The Morgan fingerprint density at radius 1 is 1.28 bits per heavy atom. The van der Waals surface area contributed by atoms with Crippen molar-refractivity contribution in [2.24, 2.45) is 0 Å². The molecule has 3 N–H and O–H groups in total. The molecule has 0 spiro atoms. The van der Waals surface area contributed by atoms with Crippen LogP contribution in [-0.2, 0) is 11.4 Å². The first kappa shape index (κ1) is 19.5. The van der Waals surface area contributed by atoms with Crippen LogP contribution in [0, 0.1) is 0 Å². The van der Waals surface area contributed by atoms with E-state index in [1.165, 1.54) is 6.07 Å². The number of anilines is 1. The molecule has 0 aliphatic carbocycles. The van der Waals surface area contributed by atoms with E-state index in [4.69, 9.17) is 45.3 Å². The highest BCUT2D eigenvalue weighted by molar-refractivity contribution is 7.80. The summed E-state index contributed by atoms with van der Waals surface area (Å²) in [5.41, 5.74) is 1.39. The van der Waals surface area contributed by atoms with Gasteiger partial charge in [-0.15, -0.1) is 0 Å². The largest absolute Gasteiger partial charge is 0.479 e. The number of carbonyl (C=O) groups excluding carboxylic acids is 1. The molecule has 2 rings (SSSR count). The fraction of sp³-hybridized carbons (Fsp3) is 0.176. The summed E-state index contributed by atoms with van der Waals surface area (Å²) in [5, 5.41) is 15.5. The molecule has 0 saturated carbocycles. The minimum Gasteiger partial charge on any atom is -0.479 e. The summed E-state index contributed by atoms with van der Waals surface area (Å²) < 4.78 is 5.53. The van der Waals surface area contributed by atoms with Crippen molar-refractivity contribution in [2.45, 2.75) is 19.6 Å². The second-order valence-electron chi connectivity index (χ2n) is 5.14. The van der Waals surface area contributed by atoms with Gasteiger partial charge in [-0.2, -0.15) is 0 Å². The number of rotatable bonds is 5. The molecule has 2 aromatic rings. The molecule has 25 heavy (non-hydrogen) atoms. The monoisotopic (exact) mass is 398 g/mol. The van der Waals surface area contributed by atoms with Crippen molar-refractivity contribution in [2.75, 3.05) is 5.32 Å². The molecular formula is C17H16Cl2N2O3S. The van der Waals surface area contributed by atoms with Crippen molar-refractivity contribution in [1.82, 2.24) is 5.32 Å². The lowest BCUT2D eigenvalue weighted by Gasteiger charge is -2.16. The quantitative estimate of drug-likeness (QED) is 0.668. The predicted molar refractivity (Wildman–Crippen MR) is 103 cm³/mol. The van der Waals surface area contributed by atoms with Crippen LogP contribution in [0.25, 0.3) is 0 Å². The zero-order valence-electron chi connectivity index (χ0n) is 13.3. The fourth-order valence-electron chi connectivity index (χ4n) is 1.94. The molecule has 0 fully saturated rings. The normalized spacial score (nSPS) is 11.5. The van der Waals surface area contributed by atoms with Gasteiger partial charge in [0.15, 0.2) is 11.2 Å². The van der Waals surface area contributed by atoms with Gasteiger partial charge in [-0.25, -0.2) is 0 Å². The SMILES string of the molecule is CC(Oc1ccc(Cl)cc1Cl)C(=O)NC(=S)Nc1cccc(CO)c1. The van der Waals surface area contributed by atoms with E-state index in [2.05, 4.69) is 10.6 Å². The number of ether oxygens (including phenoxy) is 1. The van der Waals surface area contributed by atoms with E-state index >= 15 is 0 Å². The van der Waals surface area contributed by atoms with Crippen LogP contribution in [0.3, 0.4) is 0 Å². The highest BCUT2D eigenvalue weighted by atomic mass is 35.5. The summed E-state index contributed by atoms with van der Waals surface area (Å²) in [5.74, 6) is -0.0786. The summed E-state index contributed by atoms with van der Waals surface area (Å²) in [6.45, 7) is 1.50. The van der Waals surface area contributed by atoms with Gasteiger partial charge in [0.25, 0.3) is 5.91 Å². The molecule has 1 amide bonds. The average molecular weight is 399 g/mol. The topological polar surface area (TPSA) is 70.6 Å². The number of hydrogen-bond acceptors (Lipinski definition) is 4. The highest BCUT2D eigenvalue weighted by Gasteiger charge is 2.17. The number of thiocarbonyl (C=S) groups is 1. The maximum Gasteiger partial charge on any atom is 0.266 e. The maximum absolute atomic E-state index is 12.2. The molecule has 0 aromatic heterocycles. The second kappa shape index (κ2) is 9.01. The molecule has 1 atom stereocenters. The Hall–Kier alpha value is -1.86. The summed E-state index contributed by atoms with van der Waals surface area (Å²) in [6.07, 6.45) is -0.817. The van der Waals surface area contributed by atoms with Crippen LogP contribution in [-0.4, -0.2) is 22.2 Å². The van der Waals surface area contributed by atoms with Crippen molar-refractivity contribution < 1.29 is 14.6 Å². The van der Waals surface area contributed by atoms with Crippen molar-refractivity contribution in [3.05, 3.63) is 58.1 Å². The Kier molecular flexibility index (Phi) is 7.01. The molecule has 1 unspecified atom stereocenters. The highest BCUT2D eigenvalue weighted by Crippen LogP contribution is 2.28. The van der Waals surface area contributed by atoms with Crippen LogP contribution in [0.4, 0.5) is 5.69 Å². The van der Waals surface area contributed by atoms with Crippen LogP contribution in [0.5, 0.6) is 5.75 Å². The number of benzene rings is 2. The van der Waals surface area contributed by atoms with E-state index in [9.17, 15) is 4.79 Å². The van der Waals surface area contributed by atoms with E-state index in [-0.39, 0.29) is 11.7 Å². The molecule has 0 bridgehead atoms. The van der Waals surface area contributed by atoms with E-state index in [0.29, 0.717) is 21.5 Å². The van der Waals surface area contributed by atoms with Crippen LogP contribution in [0.15, 0.2) is 42.5 Å². The van der Waals surface area contributed by atoms with Gasteiger partial charge in [0.1, 0.15) is 5.75 Å². The van der Waals surface area contributed by atoms with Crippen LogP contribution >= 0.6 is 35.4 Å². The Labute approximate surface area is 160 Å². The number of halogens is 2. The third kappa shape index (κ3) is 5.86. The molecule has 132 valence electrons. The second-order valence-corrected chi connectivity index (χ2v) is 6.39. The van der Waals surface area contributed by atoms with Crippen LogP contribution in [0.2, 0.25) is 10.0 Å². The third-order valence-electron chi connectivity index (χ3n) is 3.17. The summed E-state index contributed by atoms with van der Waals surface area (Å²) in [6, 6.07) is 11.8. The van der Waals surface area contributed by atoms with Crippen molar-refractivity contribution in [1.29, 1.82) is 0 Å². The molecule has 8 heteroatoms. The van der Waals surface area contributed by atoms with E-state index in [1.807, 2.05) is 0 Å². The smallest absolute Gasteiger partial charge is 0.266 e. The van der Waals surface area contributed by atoms with E-state index in [1.54, 1.807) is 43.3 Å². The van der Waals surface area contributed by atoms with Gasteiger partial charge in [0.05, 0.1) is 11.6 Å². The minimum atomic E-state index is -0.817. The van der Waals surface area contributed by atoms with E-state index in [0.717, 1.165) is 5.56 Å². The van der Waals surface area contributed by atoms with Crippen molar-refractivity contribution >= 4 is 52.1 Å². The van der Waals surface area contributed by atoms with Gasteiger partial charge < -0.3 is 15.2 Å². The molecule has 0 radical (unpaired) electrons. The first-order valence-corrected chi connectivity index (χ1v) is 8.49. The molecule has 0 saturated heterocycles. The van der Waals surface area contributed by atoms with Gasteiger partial charge >= 0.3 is 0 Å². The summed E-state index contributed by atoms with van der Waals surface area (Å²) in [7, 11) is 0. The van der Waals surface area contributed by atoms with Gasteiger partial charge in [0, 0.05) is 10.7 Å². The zero-order valence-corrected chi connectivity index (χ0v) is 15.6. The Balaban J connectivity index is 1.92. The van der Waals surface area contributed by atoms with Gasteiger partial charge in [-0.05, 0) is 55.0 Å². The number of amides is 1. The first-order chi connectivity index (χ1) is 11.9. The van der Waals surface area contributed by atoms with Crippen molar-refractivity contribution in [3.8, 4) is 5.75 Å². The van der Waals surface area contributed by atoms with Crippen LogP contribution < -0.4 is 15.4 Å². The van der Waals surface area contributed by atoms with Gasteiger partial charge in [0.2, 0.25) is 0 Å². The van der Waals surface area contributed by atoms with Crippen molar-refractivity contribution in [3.63, 3.8) is 0 Å². The lowest BCUT2D eigenvalue weighted by atomic mass is 10.2. The predicted octanol–water partition coefficient (Wildman–Crippen LogP) is 3.77. The summed E-state index contributed by atoms with van der Waals surface area (Å²) >= 11 is 17.0. The average Bonchev–Trinajstić information content (AvgIpc) is 2.57. The summed E-state index contributed by atoms with van der Waals surface area (Å²) in [4.78, 5) is 12.2. The van der Waals surface area contributed by atoms with Gasteiger partial charge in [-0.1, -0.05) is 35.3 Å². The lowest BCUT2D eigenvalue weighted by Crippen LogP contribution is -2.42. The molecule has 0 aliphatic heterocycles. The number of carbonyl (C=O) groups is 1. The number of nitrogens with one attached hydrogen (secondary N) is 2. The van der Waals surface area contributed by atoms with E-state index < -0.39 is 12.0 Å². The molecule has 2 aromatic carbocycles. The number of aliphatic hydroxyl groups excluding tert-OH is 1. The Morgan fingerprint density at radius 3 is 2.72 bits per heavy atom.